The average Bonchev–Trinajstić information content (AvgIpc) is 3.06. The molecule has 0 aromatic rings. The molecule has 0 radical (unpaired) electrons. The van der Waals surface area contributed by atoms with E-state index >= 15 is 0 Å². The fourth-order valence-corrected chi connectivity index (χ4v) is 3.46. The Morgan fingerprint density at radius 1 is 1.42 bits per heavy atom. The van der Waals surface area contributed by atoms with Gasteiger partial charge in [0.2, 0.25) is 11.8 Å². The third kappa shape index (κ3) is 2.61. The van der Waals surface area contributed by atoms with Gasteiger partial charge in [-0.05, 0) is 38.6 Å². The van der Waals surface area contributed by atoms with Crippen molar-refractivity contribution in [2.75, 3.05) is 20.1 Å². The van der Waals surface area contributed by atoms with Gasteiger partial charge in [-0.1, -0.05) is 13.3 Å². The summed E-state index contributed by atoms with van der Waals surface area (Å²) >= 11 is 0. The van der Waals surface area contributed by atoms with Crippen LogP contribution in [-0.4, -0.2) is 48.4 Å². The van der Waals surface area contributed by atoms with Crippen LogP contribution in [0.1, 0.15) is 45.4 Å². The minimum Gasteiger partial charge on any atom is -0.357 e. The lowest BCUT2D eigenvalue weighted by molar-refractivity contribution is -0.143. The molecule has 0 aliphatic carbocycles. The molecule has 5 heteroatoms. The zero-order chi connectivity index (χ0) is 13.9. The van der Waals surface area contributed by atoms with Gasteiger partial charge in [0.25, 0.3) is 0 Å². The van der Waals surface area contributed by atoms with E-state index in [0.717, 1.165) is 45.1 Å². The van der Waals surface area contributed by atoms with Gasteiger partial charge in [-0.2, -0.15) is 0 Å². The van der Waals surface area contributed by atoms with E-state index in [4.69, 9.17) is 0 Å². The summed E-state index contributed by atoms with van der Waals surface area (Å²) < 4.78 is 0. The quantitative estimate of drug-likeness (QED) is 0.786. The van der Waals surface area contributed by atoms with Gasteiger partial charge < -0.3 is 15.5 Å². The van der Waals surface area contributed by atoms with Gasteiger partial charge in [0.1, 0.15) is 6.04 Å². The Bertz CT molecular complexity index is 351. The molecule has 0 aromatic carbocycles. The molecule has 0 saturated carbocycles. The van der Waals surface area contributed by atoms with Gasteiger partial charge in [-0.3, -0.25) is 9.59 Å². The van der Waals surface area contributed by atoms with E-state index in [-0.39, 0.29) is 17.9 Å². The number of likely N-dealkylation sites (tertiary alicyclic amines) is 1. The van der Waals surface area contributed by atoms with Gasteiger partial charge in [0.05, 0.1) is 5.54 Å². The summed E-state index contributed by atoms with van der Waals surface area (Å²) in [6, 6.07) is -0.270. The van der Waals surface area contributed by atoms with E-state index < -0.39 is 5.54 Å². The van der Waals surface area contributed by atoms with E-state index in [9.17, 15) is 9.59 Å². The van der Waals surface area contributed by atoms with E-state index in [1.165, 1.54) is 0 Å². The molecule has 0 bridgehead atoms. The average molecular weight is 267 g/mol. The maximum Gasteiger partial charge on any atom is 0.243 e. The zero-order valence-electron chi connectivity index (χ0n) is 12.0. The molecular formula is C14H25N3O2. The Labute approximate surface area is 115 Å². The van der Waals surface area contributed by atoms with Crippen LogP contribution in [0.2, 0.25) is 0 Å². The second-order valence-electron chi connectivity index (χ2n) is 5.63. The van der Waals surface area contributed by atoms with E-state index in [1.807, 2.05) is 0 Å². The molecule has 2 aliphatic rings. The number of carbonyl (C=O) groups is 2. The third-order valence-corrected chi connectivity index (χ3v) is 4.39. The van der Waals surface area contributed by atoms with Crippen molar-refractivity contribution in [2.45, 2.75) is 57.0 Å². The van der Waals surface area contributed by atoms with Gasteiger partial charge in [0.15, 0.2) is 0 Å². The summed E-state index contributed by atoms with van der Waals surface area (Å²) in [7, 11) is 1.64. The lowest BCUT2D eigenvalue weighted by atomic mass is 9.90. The highest BCUT2D eigenvalue weighted by atomic mass is 16.2. The highest BCUT2D eigenvalue weighted by Gasteiger charge is 2.46. The first-order valence-corrected chi connectivity index (χ1v) is 7.42. The summed E-state index contributed by atoms with van der Waals surface area (Å²) in [6.45, 7) is 3.73. The molecule has 2 atom stereocenters. The largest absolute Gasteiger partial charge is 0.357 e. The summed E-state index contributed by atoms with van der Waals surface area (Å²) in [4.78, 5) is 26.6. The molecule has 2 unspecified atom stereocenters. The lowest BCUT2D eigenvalue weighted by Crippen LogP contribution is -2.58. The molecule has 2 amide bonds. The van der Waals surface area contributed by atoms with Gasteiger partial charge in [-0.25, -0.2) is 0 Å². The number of hydrogen-bond donors (Lipinski definition) is 2. The molecule has 108 valence electrons. The van der Waals surface area contributed by atoms with Crippen molar-refractivity contribution in [1.29, 1.82) is 0 Å². The topological polar surface area (TPSA) is 61.4 Å². The van der Waals surface area contributed by atoms with E-state index in [2.05, 4.69) is 17.6 Å². The third-order valence-electron chi connectivity index (χ3n) is 4.39. The Morgan fingerprint density at radius 2 is 2.21 bits per heavy atom. The van der Waals surface area contributed by atoms with Gasteiger partial charge in [-0.15, -0.1) is 0 Å². The smallest absolute Gasteiger partial charge is 0.243 e. The van der Waals surface area contributed by atoms with Crippen LogP contribution in [0.4, 0.5) is 0 Å². The number of nitrogens with zero attached hydrogens (tertiary/aromatic N) is 1. The van der Waals surface area contributed by atoms with Crippen LogP contribution in [0.3, 0.4) is 0 Å². The van der Waals surface area contributed by atoms with Crippen molar-refractivity contribution in [3.8, 4) is 0 Å². The zero-order valence-corrected chi connectivity index (χ0v) is 12.0. The number of likely N-dealkylation sites (N-methyl/N-ethyl adjacent to an activating group) is 1. The van der Waals surface area contributed by atoms with Crippen molar-refractivity contribution in [2.24, 2.45) is 0 Å². The van der Waals surface area contributed by atoms with Gasteiger partial charge >= 0.3 is 0 Å². The Balaban J connectivity index is 2.14. The fraction of sp³-hybridized carbons (Fsp3) is 0.857. The normalized spacial score (nSPS) is 30.6. The monoisotopic (exact) mass is 267 g/mol. The summed E-state index contributed by atoms with van der Waals surface area (Å²) in [5, 5.41) is 6.08. The summed E-state index contributed by atoms with van der Waals surface area (Å²) in [6.07, 6.45) is 5.50. The Kier molecular flexibility index (Phi) is 4.45. The number of hydrogen-bond acceptors (Lipinski definition) is 3. The molecule has 2 rings (SSSR count). The molecule has 2 fully saturated rings. The number of rotatable bonds is 4. The van der Waals surface area contributed by atoms with Crippen LogP contribution in [0.15, 0.2) is 0 Å². The first-order valence-electron chi connectivity index (χ1n) is 7.42. The van der Waals surface area contributed by atoms with Crippen LogP contribution in [0.5, 0.6) is 0 Å². The predicted molar refractivity (Wildman–Crippen MR) is 73.7 cm³/mol. The lowest BCUT2D eigenvalue weighted by Gasteiger charge is -2.35. The second-order valence-corrected chi connectivity index (χ2v) is 5.63. The first kappa shape index (κ1) is 14.3. The molecule has 5 nitrogen and oxygen atoms in total. The Hall–Kier alpha value is -1.10. The van der Waals surface area contributed by atoms with Crippen molar-refractivity contribution >= 4 is 11.8 Å². The van der Waals surface area contributed by atoms with Crippen molar-refractivity contribution in [3.63, 3.8) is 0 Å². The maximum atomic E-state index is 12.9. The molecule has 2 aliphatic heterocycles. The van der Waals surface area contributed by atoms with Crippen molar-refractivity contribution in [3.05, 3.63) is 0 Å². The van der Waals surface area contributed by atoms with Crippen LogP contribution in [0.25, 0.3) is 0 Å². The molecule has 0 spiro atoms. The number of nitrogens with one attached hydrogen (secondary N) is 2. The molecule has 2 N–H and O–H groups in total. The van der Waals surface area contributed by atoms with Crippen LogP contribution in [0, 0.1) is 0 Å². The molecule has 19 heavy (non-hydrogen) atoms. The molecular weight excluding hydrogens is 242 g/mol. The van der Waals surface area contributed by atoms with Crippen LogP contribution < -0.4 is 10.6 Å². The minimum absolute atomic E-state index is 0.0319. The van der Waals surface area contributed by atoms with Gasteiger partial charge in [0, 0.05) is 13.6 Å². The molecule has 0 aromatic heterocycles. The van der Waals surface area contributed by atoms with E-state index in [1.54, 1.807) is 11.9 Å². The molecule has 2 saturated heterocycles. The fourth-order valence-electron chi connectivity index (χ4n) is 3.46. The minimum atomic E-state index is -0.411. The number of carbonyl (C=O) groups excluding carboxylic acids is 2. The standard InChI is InChI=1S/C14H25N3O2/c1-3-7-14(8-5-9-16-14)13(19)17-10-4-6-11(17)12(18)15-2/h11,16H,3-10H2,1-2H3,(H,15,18). The Morgan fingerprint density at radius 3 is 2.79 bits per heavy atom. The molecule has 2 heterocycles. The SMILES string of the molecule is CCCC1(C(=O)N2CCCC2C(=O)NC)CCCN1. The van der Waals surface area contributed by atoms with Crippen molar-refractivity contribution in [1.82, 2.24) is 15.5 Å². The van der Waals surface area contributed by atoms with E-state index in [0.29, 0.717) is 6.54 Å². The maximum absolute atomic E-state index is 12.9. The van der Waals surface area contributed by atoms with Crippen LogP contribution >= 0.6 is 0 Å². The van der Waals surface area contributed by atoms with Crippen LogP contribution in [-0.2, 0) is 9.59 Å². The van der Waals surface area contributed by atoms with Crippen molar-refractivity contribution < 1.29 is 9.59 Å². The highest BCUT2D eigenvalue weighted by Crippen LogP contribution is 2.30. The number of amides is 2. The second kappa shape index (κ2) is 5.90. The summed E-state index contributed by atoms with van der Waals surface area (Å²) in [5.41, 5.74) is -0.411. The predicted octanol–water partition coefficient (Wildman–Crippen LogP) is 0.646. The first-order chi connectivity index (χ1) is 9.14. The summed E-state index contributed by atoms with van der Waals surface area (Å²) in [5.74, 6) is 0.105. The highest BCUT2D eigenvalue weighted by molar-refractivity contribution is 5.92.